The molecule has 7 heteroatoms. The predicted molar refractivity (Wildman–Crippen MR) is 98.8 cm³/mol. The van der Waals surface area contributed by atoms with E-state index in [2.05, 4.69) is 10.6 Å². The molecule has 2 atom stereocenters. The topological polar surface area (TPSA) is 99.1 Å². The lowest BCUT2D eigenvalue weighted by atomic mass is 9.93. The molecule has 1 aromatic carbocycles. The highest BCUT2D eigenvalue weighted by Crippen LogP contribution is 2.36. The van der Waals surface area contributed by atoms with Gasteiger partial charge in [0.05, 0.1) is 17.0 Å². The van der Waals surface area contributed by atoms with Gasteiger partial charge in [-0.05, 0) is 31.9 Å². The summed E-state index contributed by atoms with van der Waals surface area (Å²) in [4.78, 5) is 37.8. The van der Waals surface area contributed by atoms with Crippen LogP contribution < -0.4 is 10.6 Å². The average molecular weight is 371 g/mol. The maximum atomic E-state index is 12.7. The van der Waals surface area contributed by atoms with Gasteiger partial charge in [0.15, 0.2) is 11.7 Å². The first-order valence-corrected chi connectivity index (χ1v) is 9.73. The lowest BCUT2D eigenvalue weighted by Crippen LogP contribution is -2.42. The van der Waals surface area contributed by atoms with Crippen molar-refractivity contribution in [1.82, 2.24) is 5.32 Å². The van der Waals surface area contributed by atoms with Crippen LogP contribution in [-0.4, -0.2) is 28.9 Å². The molecule has 3 rings (SSSR count). The molecule has 0 saturated heterocycles. The van der Waals surface area contributed by atoms with Crippen molar-refractivity contribution in [3.8, 4) is 6.07 Å². The minimum absolute atomic E-state index is 0.0422. The molecule has 1 aromatic rings. The number of nitrogens with zero attached hydrogens (tertiary/aromatic N) is 1. The molecule has 0 aromatic heterocycles. The minimum atomic E-state index is -1.37. The molecule has 1 aliphatic carbocycles. The Bertz CT molecular complexity index is 781. The second-order valence-corrected chi connectivity index (χ2v) is 8.11. The lowest BCUT2D eigenvalue weighted by molar-refractivity contribution is -0.123. The van der Waals surface area contributed by atoms with Crippen LogP contribution in [0.1, 0.15) is 49.4 Å². The minimum Gasteiger partial charge on any atom is -0.352 e. The highest BCUT2D eigenvalue weighted by Gasteiger charge is 2.31. The number of nitriles is 1. The molecular weight excluding hydrogens is 350 g/mol. The Morgan fingerprint density at radius 1 is 1.31 bits per heavy atom. The van der Waals surface area contributed by atoms with Crippen LogP contribution in [0.3, 0.4) is 0 Å². The number of rotatable bonds is 4. The number of carbonyl (C=O) groups excluding carboxylic acids is 3. The Labute approximate surface area is 156 Å². The molecule has 1 aliphatic heterocycles. The Hall–Kier alpha value is -2.33. The van der Waals surface area contributed by atoms with Crippen molar-refractivity contribution in [2.45, 2.75) is 55.2 Å². The number of benzene rings is 1. The number of ketones is 1. The van der Waals surface area contributed by atoms with E-state index in [1.165, 1.54) is 11.8 Å². The van der Waals surface area contributed by atoms with Crippen molar-refractivity contribution in [2.75, 3.05) is 5.32 Å². The smallest absolute Gasteiger partial charge is 0.245 e. The maximum absolute atomic E-state index is 12.7. The van der Waals surface area contributed by atoms with Gasteiger partial charge in [-0.25, -0.2) is 0 Å². The van der Waals surface area contributed by atoms with E-state index in [1.807, 2.05) is 13.0 Å². The van der Waals surface area contributed by atoms with Gasteiger partial charge in [-0.15, -0.1) is 11.8 Å². The van der Waals surface area contributed by atoms with Crippen LogP contribution in [0.15, 0.2) is 23.1 Å². The maximum Gasteiger partial charge on any atom is 0.245 e. The Morgan fingerprint density at radius 2 is 2.04 bits per heavy atom. The van der Waals surface area contributed by atoms with Crippen molar-refractivity contribution in [3.05, 3.63) is 23.8 Å². The Kier molecular flexibility index (Phi) is 5.62. The molecule has 26 heavy (non-hydrogen) atoms. The fourth-order valence-corrected chi connectivity index (χ4v) is 4.23. The highest BCUT2D eigenvalue weighted by atomic mass is 32.2. The lowest BCUT2D eigenvalue weighted by Gasteiger charge is -2.24. The number of hydrogen-bond donors (Lipinski definition) is 2. The summed E-state index contributed by atoms with van der Waals surface area (Å²) in [5, 5.41) is 14.8. The third-order valence-corrected chi connectivity index (χ3v) is 5.98. The number of hydrogen-bond acceptors (Lipinski definition) is 5. The number of anilines is 1. The fourth-order valence-electron chi connectivity index (χ4n) is 3.30. The second kappa shape index (κ2) is 7.92. The third-order valence-electron chi connectivity index (χ3n) is 4.80. The first-order chi connectivity index (χ1) is 12.5. The summed E-state index contributed by atoms with van der Waals surface area (Å²) in [5.74, 6) is -2.57. The molecule has 1 fully saturated rings. The Morgan fingerprint density at radius 3 is 2.73 bits per heavy atom. The summed E-state index contributed by atoms with van der Waals surface area (Å²) in [7, 11) is 0. The van der Waals surface area contributed by atoms with Crippen LogP contribution in [-0.2, 0) is 9.59 Å². The number of fused-ring (bicyclic) bond motifs is 1. The van der Waals surface area contributed by atoms with Crippen LogP contribution in [0.2, 0.25) is 0 Å². The van der Waals surface area contributed by atoms with Gasteiger partial charge in [0.2, 0.25) is 11.8 Å². The molecule has 1 heterocycles. The first-order valence-electron chi connectivity index (χ1n) is 8.85. The molecule has 0 spiro atoms. The normalized spacial score (nSPS) is 21.1. The van der Waals surface area contributed by atoms with E-state index in [4.69, 9.17) is 0 Å². The van der Waals surface area contributed by atoms with E-state index in [1.54, 1.807) is 18.2 Å². The predicted octanol–water partition coefficient (Wildman–Crippen LogP) is 2.89. The van der Waals surface area contributed by atoms with Crippen LogP contribution in [0.25, 0.3) is 0 Å². The van der Waals surface area contributed by atoms with Gasteiger partial charge < -0.3 is 10.6 Å². The van der Waals surface area contributed by atoms with E-state index in [9.17, 15) is 19.6 Å². The van der Waals surface area contributed by atoms with Gasteiger partial charge in [-0.3, -0.25) is 14.4 Å². The average Bonchev–Trinajstić information content (AvgIpc) is 2.63. The molecule has 6 nitrogen and oxygen atoms in total. The third kappa shape index (κ3) is 3.91. The standard InChI is InChI=1S/C19H21N3O3S/c1-11-18(24)22-15-9-12(7-8-16(15)26-11)17(23)14(10-20)19(25)21-13-5-3-2-4-6-13/h7-9,11,13-14H,2-6H2,1H3,(H,21,25)(H,22,24). The van der Waals surface area contributed by atoms with Gasteiger partial charge in [0.25, 0.3) is 0 Å². The van der Waals surface area contributed by atoms with Gasteiger partial charge in [-0.1, -0.05) is 25.3 Å². The van der Waals surface area contributed by atoms with Gasteiger partial charge in [0.1, 0.15) is 0 Å². The van der Waals surface area contributed by atoms with Crippen molar-refractivity contribution in [3.63, 3.8) is 0 Å². The van der Waals surface area contributed by atoms with Crippen LogP contribution in [0.5, 0.6) is 0 Å². The van der Waals surface area contributed by atoms with Crippen LogP contribution in [0.4, 0.5) is 5.69 Å². The van der Waals surface area contributed by atoms with Gasteiger partial charge >= 0.3 is 0 Å². The summed E-state index contributed by atoms with van der Waals surface area (Å²) >= 11 is 1.42. The van der Waals surface area contributed by atoms with E-state index in [0.717, 1.165) is 37.0 Å². The summed E-state index contributed by atoms with van der Waals surface area (Å²) in [6.45, 7) is 1.81. The fraction of sp³-hybridized carbons (Fsp3) is 0.474. The van der Waals surface area contributed by atoms with Crippen molar-refractivity contribution >= 4 is 35.0 Å². The molecule has 0 bridgehead atoms. The molecule has 2 aliphatic rings. The molecule has 2 amide bonds. The largest absolute Gasteiger partial charge is 0.352 e. The Balaban J connectivity index is 1.74. The quantitative estimate of drug-likeness (QED) is 0.626. The first kappa shape index (κ1) is 18.5. The summed E-state index contributed by atoms with van der Waals surface area (Å²) in [6.07, 6.45) is 5.04. The number of carbonyl (C=O) groups is 3. The summed E-state index contributed by atoms with van der Waals surface area (Å²) in [5.41, 5.74) is 0.804. The molecule has 2 N–H and O–H groups in total. The zero-order valence-electron chi connectivity index (χ0n) is 14.6. The van der Waals surface area contributed by atoms with Crippen molar-refractivity contribution in [1.29, 1.82) is 5.26 Å². The van der Waals surface area contributed by atoms with Crippen molar-refractivity contribution in [2.24, 2.45) is 5.92 Å². The van der Waals surface area contributed by atoms with Crippen LogP contribution >= 0.6 is 11.8 Å². The van der Waals surface area contributed by atoms with E-state index < -0.39 is 17.6 Å². The number of thioether (sulfide) groups is 1. The molecule has 2 unspecified atom stereocenters. The highest BCUT2D eigenvalue weighted by molar-refractivity contribution is 8.00. The second-order valence-electron chi connectivity index (χ2n) is 6.73. The number of Topliss-reactive ketones (excluding diaryl/α,β-unsaturated/α-hetero) is 1. The van der Waals surface area contributed by atoms with Gasteiger partial charge in [-0.2, -0.15) is 5.26 Å². The number of amides is 2. The van der Waals surface area contributed by atoms with E-state index in [-0.39, 0.29) is 22.8 Å². The van der Waals surface area contributed by atoms with Gasteiger partial charge in [0, 0.05) is 16.5 Å². The monoisotopic (exact) mass is 371 g/mol. The molecule has 136 valence electrons. The molecule has 1 saturated carbocycles. The molecular formula is C19H21N3O3S. The van der Waals surface area contributed by atoms with E-state index in [0.29, 0.717) is 5.69 Å². The zero-order valence-corrected chi connectivity index (χ0v) is 15.4. The zero-order chi connectivity index (χ0) is 18.7. The van der Waals surface area contributed by atoms with Crippen molar-refractivity contribution < 1.29 is 14.4 Å². The molecule has 0 radical (unpaired) electrons. The SMILES string of the molecule is CC1Sc2ccc(C(=O)C(C#N)C(=O)NC3CCCCC3)cc2NC1=O. The van der Waals surface area contributed by atoms with Crippen LogP contribution in [0, 0.1) is 17.2 Å². The summed E-state index contributed by atoms with van der Waals surface area (Å²) in [6, 6.07) is 6.78. The summed E-state index contributed by atoms with van der Waals surface area (Å²) < 4.78 is 0. The van der Waals surface area contributed by atoms with E-state index >= 15 is 0 Å². The number of nitrogens with one attached hydrogen (secondary N) is 2.